The van der Waals surface area contributed by atoms with Gasteiger partial charge >= 0.3 is 5.97 Å². The molecule has 0 radical (unpaired) electrons. The third-order valence-electron chi connectivity index (χ3n) is 3.44. The number of ether oxygens (including phenoxy) is 1. The SMILES string of the molecule is COC(=O)c1cc(N(C)Cc2scnc2C)cc(C)c1N. The molecule has 0 amide bonds. The maximum atomic E-state index is 11.8. The number of benzene rings is 1. The number of methoxy groups -OCH3 is 1. The summed E-state index contributed by atoms with van der Waals surface area (Å²) in [7, 11) is 3.33. The Morgan fingerprint density at radius 3 is 2.71 bits per heavy atom. The lowest BCUT2D eigenvalue weighted by Gasteiger charge is -2.21. The fourth-order valence-corrected chi connectivity index (χ4v) is 2.89. The molecule has 21 heavy (non-hydrogen) atoms. The highest BCUT2D eigenvalue weighted by atomic mass is 32.1. The molecular weight excluding hydrogens is 286 g/mol. The summed E-state index contributed by atoms with van der Waals surface area (Å²) in [5.74, 6) is -0.417. The number of hydrogen-bond acceptors (Lipinski definition) is 6. The third-order valence-corrected chi connectivity index (χ3v) is 4.36. The van der Waals surface area contributed by atoms with Crippen molar-refractivity contribution in [2.24, 2.45) is 0 Å². The quantitative estimate of drug-likeness (QED) is 0.695. The summed E-state index contributed by atoms with van der Waals surface area (Å²) in [6, 6.07) is 3.74. The van der Waals surface area contributed by atoms with Crippen molar-refractivity contribution in [3.05, 3.63) is 39.3 Å². The van der Waals surface area contributed by atoms with E-state index in [2.05, 4.69) is 9.88 Å². The van der Waals surface area contributed by atoms with Crippen LogP contribution in [0.2, 0.25) is 0 Å². The summed E-state index contributed by atoms with van der Waals surface area (Å²) in [6.07, 6.45) is 0. The highest BCUT2D eigenvalue weighted by Gasteiger charge is 2.15. The number of esters is 1. The van der Waals surface area contributed by atoms with E-state index in [1.165, 1.54) is 12.0 Å². The number of carbonyl (C=O) groups is 1. The van der Waals surface area contributed by atoms with E-state index in [9.17, 15) is 4.79 Å². The van der Waals surface area contributed by atoms with E-state index in [0.717, 1.165) is 23.5 Å². The number of aromatic nitrogens is 1. The van der Waals surface area contributed by atoms with Crippen LogP contribution in [0.25, 0.3) is 0 Å². The molecule has 1 aromatic heterocycles. The molecule has 112 valence electrons. The fourth-order valence-electron chi connectivity index (χ4n) is 2.06. The van der Waals surface area contributed by atoms with Crippen molar-refractivity contribution in [2.45, 2.75) is 20.4 Å². The van der Waals surface area contributed by atoms with Gasteiger partial charge < -0.3 is 15.4 Å². The molecule has 0 saturated heterocycles. The van der Waals surface area contributed by atoms with Crippen LogP contribution in [-0.2, 0) is 11.3 Å². The van der Waals surface area contributed by atoms with E-state index in [4.69, 9.17) is 10.5 Å². The minimum absolute atomic E-state index is 0.403. The number of nitrogens with zero attached hydrogens (tertiary/aromatic N) is 2. The van der Waals surface area contributed by atoms with Crippen molar-refractivity contribution in [1.29, 1.82) is 0 Å². The van der Waals surface area contributed by atoms with E-state index in [0.29, 0.717) is 11.3 Å². The molecule has 2 N–H and O–H groups in total. The highest BCUT2D eigenvalue weighted by Crippen LogP contribution is 2.27. The van der Waals surface area contributed by atoms with Crippen LogP contribution < -0.4 is 10.6 Å². The minimum Gasteiger partial charge on any atom is -0.465 e. The first-order chi connectivity index (χ1) is 9.93. The van der Waals surface area contributed by atoms with Gasteiger partial charge in [-0.15, -0.1) is 11.3 Å². The Bertz CT molecular complexity index is 667. The number of rotatable bonds is 4. The molecular formula is C15H19N3O2S. The molecule has 0 atom stereocenters. The summed E-state index contributed by atoms with van der Waals surface area (Å²) in [6.45, 7) is 4.62. The summed E-state index contributed by atoms with van der Waals surface area (Å²) in [5.41, 5.74) is 11.5. The van der Waals surface area contributed by atoms with E-state index in [1.54, 1.807) is 17.4 Å². The monoisotopic (exact) mass is 305 g/mol. The Kier molecular flexibility index (Phi) is 4.47. The van der Waals surface area contributed by atoms with E-state index < -0.39 is 5.97 Å². The molecule has 6 heteroatoms. The van der Waals surface area contributed by atoms with Crippen molar-refractivity contribution >= 4 is 28.7 Å². The zero-order valence-corrected chi connectivity index (χ0v) is 13.5. The van der Waals surface area contributed by atoms with Crippen molar-refractivity contribution in [3.8, 4) is 0 Å². The van der Waals surface area contributed by atoms with Gasteiger partial charge in [-0.05, 0) is 31.5 Å². The average molecular weight is 305 g/mol. The van der Waals surface area contributed by atoms with Gasteiger partial charge in [-0.2, -0.15) is 0 Å². The first-order valence-corrected chi connectivity index (χ1v) is 7.40. The molecule has 0 bridgehead atoms. The number of nitrogen functional groups attached to an aromatic ring is 1. The Morgan fingerprint density at radius 2 is 2.14 bits per heavy atom. The lowest BCUT2D eigenvalue weighted by Crippen LogP contribution is -2.18. The van der Waals surface area contributed by atoms with Gasteiger partial charge in [0.15, 0.2) is 0 Å². The lowest BCUT2D eigenvalue weighted by molar-refractivity contribution is 0.0602. The zero-order chi connectivity index (χ0) is 15.6. The van der Waals surface area contributed by atoms with Crippen molar-refractivity contribution < 1.29 is 9.53 Å². The largest absolute Gasteiger partial charge is 0.465 e. The standard InChI is InChI=1S/C15H19N3O2S/c1-9-5-11(6-12(14(9)16)15(19)20-4)18(3)7-13-10(2)17-8-21-13/h5-6,8H,7,16H2,1-4H3. The van der Waals surface area contributed by atoms with Crippen molar-refractivity contribution in [3.63, 3.8) is 0 Å². The van der Waals surface area contributed by atoms with Gasteiger partial charge in [-0.3, -0.25) is 0 Å². The van der Waals surface area contributed by atoms with Gasteiger partial charge in [0.1, 0.15) is 0 Å². The van der Waals surface area contributed by atoms with Crippen LogP contribution in [0.1, 0.15) is 26.5 Å². The molecule has 0 spiro atoms. The molecule has 0 aliphatic rings. The predicted molar refractivity (Wildman–Crippen MR) is 85.9 cm³/mol. The van der Waals surface area contributed by atoms with Gasteiger partial charge in [-0.25, -0.2) is 9.78 Å². The normalized spacial score (nSPS) is 10.5. The minimum atomic E-state index is -0.417. The zero-order valence-electron chi connectivity index (χ0n) is 12.6. The Labute approximate surface area is 128 Å². The van der Waals surface area contributed by atoms with Gasteiger partial charge in [0.25, 0.3) is 0 Å². The second-order valence-electron chi connectivity index (χ2n) is 4.93. The van der Waals surface area contributed by atoms with Crippen LogP contribution in [-0.4, -0.2) is 25.1 Å². The second-order valence-corrected chi connectivity index (χ2v) is 5.87. The van der Waals surface area contributed by atoms with Crippen LogP contribution in [0.5, 0.6) is 0 Å². The summed E-state index contributed by atoms with van der Waals surface area (Å²) >= 11 is 1.63. The van der Waals surface area contributed by atoms with Crippen LogP contribution in [0.15, 0.2) is 17.6 Å². The molecule has 0 saturated carbocycles. The molecule has 2 aromatic rings. The number of nitrogens with two attached hydrogens (primary N) is 1. The smallest absolute Gasteiger partial charge is 0.340 e. The molecule has 0 aliphatic carbocycles. The summed E-state index contributed by atoms with van der Waals surface area (Å²) in [5, 5.41) is 0. The number of hydrogen-bond donors (Lipinski definition) is 1. The van der Waals surface area contributed by atoms with Gasteiger partial charge in [0.05, 0.1) is 30.4 Å². The fraction of sp³-hybridized carbons (Fsp3) is 0.333. The summed E-state index contributed by atoms with van der Waals surface area (Å²) in [4.78, 5) is 19.3. The van der Waals surface area contributed by atoms with Crippen LogP contribution in [0.3, 0.4) is 0 Å². The molecule has 2 rings (SSSR count). The first kappa shape index (κ1) is 15.3. The first-order valence-electron chi connectivity index (χ1n) is 6.52. The maximum absolute atomic E-state index is 11.8. The van der Waals surface area contributed by atoms with Crippen molar-refractivity contribution in [1.82, 2.24) is 4.98 Å². The second kappa shape index (κ2) is 6.13. The van der Waals surface area contributed by atoms with E-state index in [1.807, 2.05) is 32.5 Å². The highest BCUT2D eigenvalue weighted by molar-refractivity contribution is 7.09. The number of carbonyl (C=O) groups excluding carboxylic acids is 1. The predicted octanol–water partition coefficient (Wildman–Crippen LogP) is 2.77. The van der Waals surface area contributed by atoms with Crippen molar-refractivity contribution in [2.75, 3.05) is 24.8 Å². The van der Waals surface area contributed by atoms with Gasteiger partial charge in [0.2, 0.25) is 0 Å². The number of anilines is 2. The van der Waals surface area contributed by atoms with Crippen LogP contribution in [0.4, 0.5) is 11.4 Å². The van der Waals surface area contributed by atoms with Crippen LogP contribution >= 0.6 is 11.3 Å². The third kappa shape index (κ3) is 3.16. The molecule has 5 nitrogen and oxygen atoms in total. The Hall–Kier alpha value is -2.08. The van der Waals surface area contributed by atoms with Crippen LogP contribution in [0, 0.1) is 13.8 Å². The maximum Gasteiger partial charge on any atom is 0.340 e. The molecule has 1 heterocycles. The average Bonchev–Trinajstić information content (AvgIpc) is 2.86. The van der Waals surface area contributed by atoms with E-state index >= 15 is 0 Å². The molecule has 1 aromatic carbocycles. The number of thiazole rings is 1. The number of aryl methyl sites for hydroxylation is 2. The lowest BCUT2D eigenvalue weighted by atomic mass is 10.1. The van der Waals surface area contributed by atoms with Gasteiger partial charge in [0, 0.05) is 23.3 Å². The topological polar surface area (TPSA) is 68.5 Å². The molecule has 0 fully saturated rings. The molecule has 0 aliphatic heterocycles. The molecule has 0 unspecified atom stereocenters. The van der Waals surface area contributed by atoms with Gasteiger partial charge in [-0.1, -0.05) is 0 Å². The Morgan fingerprint density at radius 1 is 1.43 bits per heavy atom. The van der Waals surface area contributed by atoms with E-state index in [-0.39, 0.29) is 0 Å². The summed E-state index contributed by atoms with van der Waals surface area (Å²) < 4.78 is 4.79. The Balaban J connectivity index is 2.33.